The minimum absolute atomic E-state index is 0.240. The second-order valence-electron chi connectivity index (χ2n) is 5.92. The molecule has 0 bridgehead atoms. The highest BCUT2D eigenvalue weighted by Gasteiger charge is 2.33. The van der Waals surface area contributed by atoms with Crippen molar-refractivity contribution in [1.82, 2.24) is 5.32 Å². The van der Waals surface area contributed by atoms with Crippen LogP contribution in [0.15, 0.2) is 24.3 Å². The zero-order valence-electron chi connectivity index (χ0n) is 10.2. The molecule has 0 unspecified atom stereocenters. The largest absolute Gasteiger partial charge is 0.315 e. The number of rotatable bonds is 0. The summed E-state index contributed by atoms with van der Waals surface area (Å²) in [6, 6.07) is 8.87. The molecule has 1 aromatic carbocycles. The van der Waals surface area contributed by atoms with E-state index in [2.05, 4.69) is 57.3 Å². The maximum atomic E-state index is 3.57. The van der Waals surface area contributed by atoms with E-state index in [4.69, 9.17) is 0 Å². The molecular weight excluding hydrogens is 182 g/mol. The molecule has 82 valence electrons. The molecule has 0 saturated heterocycles. The summed E-state index contributed by atoms with van der Waals surface area (Å²) in [5.41, 5.74) is 3.48. The molecule has 0 radical (unpaired) electrons. The molecule has 2 rings (SSSR count). The van der Waals surface area contributed by atoms with Gasteiger partial charge in [0.25, 0.3) is 0 Å². The predicted octanol–water partition coefficient (Wildman–Crippen LogP) is 2.85. The molecule has 0 atom stereocenters. The molecule has 0 aliphatic carbocycles. The molecule has 0 saturated carbocycles. The Kier molecular flexibility index (Phi) is 2.38. The van der Waals surface area contributed by atoms with Gasteiger partial charge in [0.1, 0.15) is 0 Å². The number of nitrogens with one attached hydrogen (secondary N) is 1. The molecule has 1 aliphatic heterocycles. The van der Waals surface area contributed by atoms with E-state index in [1.54, 1.807) is 0 Å². The number of fused-ring (bicyclic) bond motifs is 1. The third-order valence-electron chi connectivity index (χ3n) is 3.52. The molecule has 1 nitrogen and oxygen atoms in total. The smallest absolute Gasteiger partial charge is 0.00436 e. The Morgan fingerprint density at radius 3 is 1.67 bits per heavy atom. The standard InChI is InChI=1S/C14H21N/c1-13(2)9-15-10-14(3,4)12-8-6-5-7-11(12)13/h5-8,15H,9-10H2,1-4H3. The molecule has 0 spiro atoms. The van der Waals surface area contributed by atoms with Crippen LogP contribution in [0, 0.1) is 0 Å². The van der Waals surface area contributed by atoms with Crippen molar-refractivity contribution in [2.75, 3.05) is 13.1 Å². The fourth-order valence-corrected chi connectivity index (χ4v) is 2.54. The van der Waals surface area contributed by atoms with E-state index >= 15 is 0 Å². The lowest BCUT2D eigenvalue weighted by Crippen LogP contribution is -2.34. The van der Waals surface area contributed by atoms with Crippen LogP contribution < -0.4 is 5.32 Å². The Hall–Kier alpha value is -0.820. The molecule has 1 aromatic rings. The van der Waals surface area contributed by atoms with E-state index in [1.807, 2.05) is 0 Å². The van der Waals surface area contributed by atoms with Gasteiger partial charge in [-0.15, -0.1) is 0 Å². The van der Waals surface area contributed by atoms with E-state index < -0.39 is 0 Å². The fraction of sp³-hybridized carbons (Fsp3) is 0.571. The minimum atomic E-state index is 0.240. The maximum absolute atomic E-state index is 3.57. The lowest BCUT2D eigenvalue weighted by Gasteiger charge is -2.28. The Morgan fingerprint density at radius 1 is 0.867 bits per heavy atom. The summed E-state index contributed by atoms with van der Waals surface area (Å²) >= 11 is 0. The van der Waals surface area contributed by atoms with Crippen LogP contribution in [-0.4, -0.2) is 13.1 Å². The average Bonchev–Trinajstić information content (AvgIpc) is 2.24. The summed E-state index contributed by atoms with van der Waals surface area (Å²) in [4.78, 5) is 0. The molecule has 1 heteroatoms. The van der Waals surface area contributed by atoms with Gasteiger partial charge in [-0.25, -0.2) is 0 Å². The van der Waals surface area contributed by atoms with Gasteiger partial charge >= 0.3 is 0 Å². The second-order valence-corrected chi connectivity index (χ2v) is 5.92. The van der Waals surface area contributed by atoms with Crippen molar-refractivity contribution in [3.8, 4) is 0 Å². The van der Waals surface area contributed by atoms with Crippen LogP contribution >= 0.6 is 0 Å². The van der Waals surface area contributed by atoms with E-state index in [-0.39, 0.29) is 10.8 Å². The molecular formula is C14H21N. The van der Waals surface area contributed by atoms with Crippen molar-refractivity contribution in [2.45, 2.75) is 38.5 Å². The van der Waals surface area contributed by atoms with Gasteiger partial charge in [-0.3, -0.25) is 0 Å². The molecule has 0 fully saturated rings. The van der Waals surface area contributed by atoms with Gasteiger partial charge in [0.2, 0.25) is 0 Å². The number of hydrogen-bond acceptors (Lipinski definition) is 1. The summed E-state index contributed by atoms with van der Waals surface area (Å²) in [5.74, 6) is 0. The highest BCUT2D eigenvalue weighted by molar-refractivity contribution is 5.40. The summed E-state index contributed by atoms with van der Waals surface area (Å²) in [6.45, 7) is 11.4. The molecule has 1 heterocycles. The SMILES string of the molecule is CC1(C)CNCC(C)(C)c2ccccc21. The van der Waals surface area contributed by atoms with Gasteiger partial charge in [-0.05, 0) is 11.1 Å². The first-order valence-electron chi connectivity index (χ1n) is 5.74. The molecule has 1 N–H and O–H groups in total. The first-order valence-corrected chi connectivity index (χ1v) is 5.74. The number of hydrogen-bond donors (Lipinski definition) is 1. The van der Waals surface area contributed by atoms with E-state index in [9.17, 15) is 0 Å². The summed E-state index contributed by atoms with van der Waals surface area (Å²) in [5, 5.41) is 3.57. The van der Waals surface area contributed by atoms with Gasteiger partial charge < -0.3 is 5.32 Å². The Bertz CT molecular complexity index is 328. The van der Waals surface area contributed by atoms with Crippen LogP contribution in [0.2, 0.25) is 0 Å². The van der Waals surface area contributed by atoms with Gasteiger partial charge in [0.05, 0.1) is 0 Å². The molecule has 0 amide bonds. The molecule has 1 aliphatic rings. The summed E-state index contributed by atoms with van der Waals surface area (Å²) < 4.78 is 0. The second kappa shape index (κ2) is 3.34. The lowest BCUT2D eigenvalue weighted by atomic mass is 9.75. The van der Waals surface area contributed by atoms with Gasteiger partial charge in [-0.1, -0.05) is 52.0 Å². The van der Waals surface area contributed by atoms with Crippen molar-refractivity contribution < 1.29 is 0 Å². The lowest BCUT2D eigenvalue weighted by molar-refractivity contribution is 0.452. The topological polar surface area (TPSA) is 12.0 Å². The first kappa shape index (κ1) is 10.7. The van der Waals surface area contributed by atoms with Crippen molar-refractivity contribution in [3.63, 3.8) is 0 Å². The Labute approximate surface area is 92.9 Å². The monoisotopic (exact) mass is 203 g/mol. The average molecular weight is 203 g/mol. The Balaban J connectivity index is 2.61. The predicted molar refractivity (Wildman–Crippen MR) is 65.4 cm³/mol. The third kappa shape index (κ3) is 1.81. The molecule has 0 aromatic heterocycles. The van der Waals surface area contributed by atoms with Gasteiger partial charge in [0.15, 0.2) is 0 Å². The molecule has 15 heavy (non-hydrogen) atoms. The third-order valence-corrected chi connectivity index (χ3v) is 3.52. The summed E-state index contributed by atoms with van der Waals surface area (Å²) in [7, 11) is 0. The Morgan fingerprint density at radius 2 is 1.27 bits per heavy atom. The zero-order valence-corrected chi connectivity index (χ0v) is 10.2. The minimum Gasteiger partial charge on any atom is -0.315 e. The zero-order chi connectivity index (χ0) is 11.1. The van der Waals surface area contributed by atoms with Crippen LogP contribution in [0.4, 0.5) is 0 Å². The fourth-order valence-electron chi connectivity index (χ4n) is 2.54. The number of benzene rings is 1. The highest BCUT2D eigenvalue weighted by atomic mass is 14.9. The first-order chi connectivity index (χ1) is 6.93. The maximum Gasteiger partial charge on any atom is 0.00436 e. The van der Waals surface area contributed by atoms with Crippen LogP contribution in [0.3, 0.4) is 0 Å². The quantitative estimate of drug-likeness (QED) is 0.683. The van der Waals surface area contributed by atoms with Gasteiger partial charge in [0, 0.05) is 23.9 Å². The van der Waals surface area contributed by atoms with E-state index in [0.29, 0.717) is 0 Å². The van der Waals surface area contributed by atoms with Crippen LogP contribution in [0.5, 0.6) is 0 Å². The van der Waals surface area contributed by atoms with Crippen LogP contribution in [0.25, 0.3) is 0 Å². The van der Waals surface area contributed by atoms with Crippen molar-refractivity contribution in [1.29, 1.82) is 0 Å². The van der Waals surface area contributed by atoms with Crippen molar-refractivity contribution in [3.05, 3.63) is 35.4 Å². The van der Waals surface area contributed by atoms with E-state index in [1.165, 1.54) is 11.1 Å². The van der Waals surface area contributed by atoms with Crippen LogP contribution in [-0.2, 0) is 10.8 Å². The van der Waals surface area contributed by atoms with Crippen LogP contribution in [0.1, 0.15) is 38.8 Å². The van der Waals surface area contributed by atoms with Crippen molar-refractivity contribution in [2.24, 2.45) is 0 Å². The van der Waals surface area contributed by atoms with Crippen molar-refractivity contribution >= 4 is 0 Å². The highest BCUT2D eigenvalue weighted by Crippen LogP contribution is 2.35. The van der Waals surface area contributed by atoms with Gasteiger partial charge in [-0.2, -0.15) is 0 Å². The summed E-state index contributed by atoms with van der Waals surface area (Å²) in [6.07, 6.45) is 0. The van der Waals surface area contributed by atoms with E-state index in [0.717, 1.165) is 13.1 Å². The normalized spacial score (nSPS) is 22.9.